The van der Waals surface area contributed by atoms with Gasteiger partial charge in [0, 0.05) is 17.1 Å². The number of hydrogen-bond donors (Lipinski definition) is 2. The number of rotatable bonds is 4. The minimum atomic E-state index is -0.349. The van der Waals surface area contributed by atoms with Crippen molar-refractivity contribution in [2.75, 3.05) is 5.75 Å². The molecule has 2 rings (SSSR count). The molecule has 0 bridgehead atoms. The molecule has 0 saturated heterocycles. The second-order valence-corrected chi connectivity index (χ2v) is 4.81. The normalized spacial score (nSPS) is 10.4. The van der Waals surface area contributed by atoms with Crippen LogP contribution >= 0.6 is 11.8 Å². The first-order valence-corrected chi connectivity index (χ1v) is 6.33. The molecule has 17 heavy (non-hydrogen) atoms. The molecular weight excluding hydrogens is 234 g/mol. The fraction of sp³-hybridized carbons (Fsp3) is 0.154. The molecular formula is C13H13NO2S. The van der Waals surface area contributed by atoms with E-state index in [9.17, 15) is 4.79 Å². The maximum absolute atomic E-state index is 10.8. The molecule has 2 N–H and O–H groups in total. The predicted molar refractivity (Wildman–Crippen MR) is 69.2 cm³/mol. The van der Waals surface area contributed by atoms with Gasteiger partial charge in [0.05, 0.1) is 0 Å². The van der Waals surface area contributed by atoms with Gasteiger partial charge in [0.15, 0.2) is 0 Å². The summed E-state index contributed by atoms with van der Waals surface area (Å²) >= 11 is 1.61. The molecule has 0 fully saturated rings. The minimum absolute atomic E-state index is 0.313. The highest BCUT2D eigenvalue weighted by molar-refractivity contribution is 7.99. The summed E-state index contributed by atoms with van der Waals surface area (Å²) in [7, 11) is 0. The fourth-order valence-corrected chi connectivity index (χ4v) is 2.47. The summed E-state index contributed by atoms with van der Waals surface area (Å²) in [5.41, 5.74) is 1.63. The van der Waals surface area contributed by atoms with Gasteiger partial charge in [-0.25, -0.2) is 5.48 Å². The van der Waals surface area contributed by atoms with Crippen LogP contribution in [0, 0.1) is 0 Å². The van der Waals surface area contributed by atoms with Crippen molar-refractivity contribution in [3.8, 4) is 0 Å². The van der Waals surface area contributed by atoms with E-state index in [4.69, 9.17) is 5.21 Å². The Morgan fingerprint density at radius 3 is 2.71 bits per heavy atom. The molecule has 0 atom stereocenters. The number of fused-ring (bicyclic) bond motifs is 1. The standard InChI is InChI=1S/C13H13NO2S/c15-13(14-16)7-8-17-12-6-5-10-3-1-2-4-11(10)9-12/h1-6,9,16H,7-8H2,(H,14,15). The Kier molecular flexibility index (Phi) is 4.01. The van der Waals surface area contributed by atoms with Crippen LogP contribution < -0.4 is 5.48 Å². The molecule has 0 spiro atoms. The van der Waals surface area contributed by atoms with Crippen molar-refractivity contribution in [1.82, 2.24) is 5.48 Å². The van der Waals surface area contributed by atoms with Gasteiger partial charge in [0.2, 0.25) is 5.91 Å². The van der Waals surface area contributed by atoms with E-state index >= 15 is 0 Å². The van der Waals surface area contributed by atoms with E-state index in [-0.39, 0.29) is 5.91 Å². The molecule has 0 saturated carbocycles. The van der Waals surface area contributed by atoms with Crippen molar-refractivity contribution in [3.63, 3.8) is 0 Å². The first-order chi connectivity index (χ1) is 8.29. The molecule has 0 aliphatic carbocycles. The van der Waals surface area contributed by atoms with Crippen LogP contribution in [-0.2, 0) is 4.79 Å². The second kappa shape index (κ2) is 5.70. The highest BCUT2D eigenvalue weighted by atomic mass is 32.2. The van der Waals surface area contributed by atoms with Crippen molar-refractivity contribution < 1.29 is 10.0 Å². The smallest absolute Gasteiger partial charge is 0.244 e. The van der Waals surface area contributed by atoms with Gasteiger partial charge in [0.25, 0.3) is 0 Å². The fourth-order valence-electron chi connectivity index (χ4n) is 1.57. The molecule has 88 valence electrons. The Bertz CT molecular complexity index is 528. The van der Waals surface area contributed by atoms with Crippen LogP contribution in [0.15, 0.2) is 47.4 Å². The van der Waals surface area contributed by atoms with Crippen LogP contribution in [0.2, 0.25) is 0 Å². The Balaban J connectivity index is 2.02. The second-order valence-electron chi connectivity index (χ2n) is 3.64. The lowest BCUT2D eigenvalue weighted by atomic mass is 10.1. The molecule has 0 heterocycles. The average molecular weight is 247 g/mol. The maximum atomic E-state index is 10.8. The van der Waals surface area contributed by atoms with Gasteiger partial charge < -0.3 is 0 Å². The lowest BCUT2D eigenvalue weighted by Gasteiger charge is -2.03. The maximum Gasteiger partial charge on any atom is 0.244 e. The number of hydroxylamine groups is 1. The molecule has 1 amide bonds. The summed E-state index contributed by atoms with van der Waals surface area (Å²) in [5, 5.41) is 10.8. The van der Waals surface area contributed by atoms with Gasteiger partial charge in [0.1, 0.15) is 0 Å². The van der Waals surface area contributed by atoms with Gasteiger partial charge in [-0.1, -0.05) is 30.3 Å². The zero-order chi connectivity index (χ0) is 12.1. The molecule has 2 aromatic carbocycles. The van der Waals surface area contributed by atoms with Crippen LogP contribution in [0.3, 0.4) is 0 Å². The average Bonchev–Trinajstić information content (AvgIpc) is 2.38. The van der Waals surface area contributed by atoms with Crippen molar-refractivity contribution in [1.29, 1.82) is 0 Å². The minimum Gasteiger partial charge on any atom is -0.289 e. The van der Waals surface area contributed by atoms with E-state index in [1.54, 1.807) is 17.2 Å². The monoisotopic (exact) mass is 247 g/mol. The Labute approximate surface area is 104 Å². The third-order valence-electron chi connectivity index (χ3n) is 2.44. The zero-order valence-electron chi connectivity index (χ0n) is 9.22. The van der Waals surface area contributed by atoms with Gasteiger partial charge in [-0.2, -0.15) is 0 Å². The van der Waals surface area contributed by atoms with Gasteiger partial charge in [-0.15, -0.1) is 11.8 Å². The van der Waals surface area contributed by atoms with E-state index in [2.05, 4.69) is 24.3 Å². The van der Waals surface area contributed by atoms with Crippen LogP contribution in [0.1, 0.15) is 6.42 Å². The van der Waals surface area contributed by atoms with Crippen LogP contribution in [-0.4, -0.2) is 16.9 Å². The van der Waals surface area contributed by atoms with E-state index in [1.807, 2.05) is 18.2 Å². The Morgan fingerprint density at radius 1 is 1.18 bits per heavy atom. The highest BCUT2D eigenvalue weighted by Gasteiger charge is 2.01. The number of nitrogens with one attached hydrogen (secondary N) is 1. The molecule has 0 aromatic heterocycles. The molecule has 4 heteroatoms. The van der Waals surface area contributed by atoms with Crippen molar-refractivity contribution in [3.05, 3.63) is 42.5 Å². The number of benzene rings is 2. The van der Waals surface area contributed by atoms with Crippen molar-refractivity contribution >= 4 is 28.4 Å². The third-order valence-corrected chi connectivity index (χ3v) is 3.44. The summed E-state index contributed by atoms with van der Waals surface area (Å²) in [6.45, 7) is 0. The number of carbonyl (C=O) groups is 1. The van der Waals surface area contributed by atoms with Crippen molar-refractivity contribution in [2.24, 2.45) is 0 Å². The lowest BCUT2D eigenvalue weighted by Crippen LogP contribution is -2.18. The van der Waals surface area contributed by atoms with E-state index in [1.165, 1.54) is 10.8 Å². The summed E-state index contributed by atoms with van der Waals surface area (Å²) in [6.07, 6.45) is 0.313. The molecule has 0 radical (unpaired) electrons. The Morgan fingerprint density at radius 2 is 1.94 bits per heavy atom. The molecule has 3 nitrogen and oxygen atoms in total. The number of thioether (sulfide) groups is 1. The van der Waals surface area contributed by atoms with Crippen LogP contribution in [0.4, 0.5) is 0 Å². The molecule has 0 aliphatic heterocycles. The lowest BCUT2D eigenvalue weighted by molar-refractivity contribution is -0.128. The molecule has 0 aliphatic rings. The summed E-state index contributed by atoms with van der Waals surface area (Å²) < 4.78 is 0. The van der Waals surface area contributed by atoms with E-state index in [0.717, 1.165) is 4.90 Å². The number of carbonyl (C=O) groups excluding carboxylic acids is 1. The predicted octanol–water partition coefficient (Wildman–Crippen LogP) is 2.83. The van der Waals surface area contributed by atoms with E-state index in [0.29, 0.717) is 12.2 Å². The van der Waals surface area contributed by atoms with Gasteiger partial charge >= 0.3 is 0 Å². The van der Waals surface area contributed by atoms with Gasteiger partial charge in [-0.05, 0) is 22.9 Å². The third kappa shape index (κ3) is 3.22. The molecule has 0 unspecified atom stereocenters. The first-order valence-electron chi connectivity index (χ1n) is 5.34. The first kappa shape index (κ1) is 12.0. The van der Waals surface area contributed by atoms with Crippen LogP contribution in [0.5, 0.6) is 0 Å². The molecule has 2 aromatic rings. The van der Waals surface area contributed by atoms with Crippen LogP contribution in [0.25, 0.3) is 10.8 Å². The Hall–Kier alpha value is -1.52. The summed E-state index contributed by atoms with van der Waals surface area (Å²) in [5.74, 6) is 0.309. The number of amides is 1. The topological polar surface area (TPSA) is 49.3 Å². The highest BCUT2D eigenvalue weighted by Crippen LogP contribution is 2.23. The number of hydrogen-bond acceptors (Lipinski definition) is 3. The SMILES string of the molecule is O=C(CCSc1ccc2ccccc2c1)NO. The van der Waals surface area contributed by atoms with Crippen molar-refractivity contribution in [2.45, 2.75) is 11.3 Å². The quantitative estimate of drug-likeness (QED) is 0.496. The summed E-state index contributed by atoms with van der Waals surface area (Å²) in [6, 6.07) is 14.4. The largest absolute Gasteiger partial charge is 0.289 e. The van der Waals surface area contributed by atoms with Gasteiger partial charge in [-0.3, -0.25) is 10.0 Å². The summed E-state index contributed by atoms with van der Waals surface area (Å²) in [4.78, 5) is 12.0. The van der Waals surface area contributed by atoms with E-state index < -0.39 is 0 Å². The zero-order valence-corrected chi connectivity index (χ0v) is 10.0.